The number of anilines is 1. The molecule has 0 amide bonds. The van der Waals surface area contributed by atoms with Crippen molar-refractivity contribution < 1.29 is 0 Å². The Labute approximate surface area is 120 Å². The summed E-state index contributed by atoms with van der Waals surface area (Å²) in [7, 11) is 0. The van der Waals surface area contributed by atoms with E-state index in [1.165, 1.54) is 30.4 Å². The molecule has 1 N–H and O–H groups in total. The van der Waals surface area contributed by atoms with E-state index in [9.17, 15) is 0 Å². The Bertz CT molecular complexity index is 483. The summed E-state index contributed by atoms with van der Waals surface area (Å²) < 4.78 is 1.26. The number of nitrogens with zero attached hydrogens (tertiary/aromatic N) is 1. The van der Waals surface area contributed by atoms with E-state index in [4.69, 9.17) is 0 Å². The molecule has 1 aromatic carbocycles. The topological polar surface area (TPSA) is 24.9 Å². The van der Waals surface area contributed by atoms with Crippen LogP contribution < -0.4 is 5.32 Å². The Balaban J connectivity index is 1.90. The predicted molar refractivity (Wildman–Crippen MR) is 86.0 cm³/mol. The predicted octanol–water partition coefficient (Wildman–Crippen LogP) is 5.31. The molecule has 0 saturated heterocycles. The molecular formula is C16H24N2S. The highest BCUT2D eigenvalue weighted by Crippen LogP contribution is 2.28. The summed E-state index contributed by atoms with van der Waals surface area (Å²) >= 11 is 1.74. The Morgan fingerprint density at radius 3 is 2.74 bits per heavy atom. The molecule has 0 spiro atoms. The summed E-state index contributed by atoms with van der Waals surface area (Å²) in [6.45, 7) is 7.93. The molecule has 0 bridgehead atoms. The van der Waals surface area contributed by atoms with Gasteiger partial charge in [0.05, 0.1) is 10.2 Å². The van der Waals surface area contributed by atoms with Crippen LogP contribution in [0.1, 0.15) is 46.5 Å². The smallest absolute Gasteiger partial charge is 0.183 e. The van der Waals surface area contributed by atoms with Crippen molar-refractivity contribution in [1.82, 2.24) is 4.98 Å². The van der Waals surface area contributed by atoms with Gasteiger partial charge in [-0.25, -0.2) is 4.98 Å². The van der Waals surface area contributed by atoms with E-state index >= 15 is 0 Å². The number of aromatic nitrogens is 1. The third-order valence-corrected chi connectivity index (χ3v) is 4.46. The van der Waals surface area contributed by atoms with Gasteiger partial charge in [0.25, 0.3) is 0 Å². The molecule has 1 heterocycles. The first-order valence-corrected chi connectivity index (χ1v) is 8.02. The third kappa shape index (κ3) is 4.20. The van der Waals surface area contributed by atoms with E-state index in [1.807, 2.05) is 6.07 Å². The zero-order valence-electron chi connectivity index (χ0n) is 12.2. The molecular weight excluding hydrogens is 252 g/mol. The van der Waals surface area contributed by atoms with Crippen molar-refractivity contribution in [3.63, 3.8) is 0 Å². The SMILES string of the molecule is CCCCCC(C)(C)CNc1nc2ccccc2s1. The summed E-state index contributed by atoms with van der Waals surface area (Å²) in [6, 6.07) is 8.31. The lowest BCUT2D eigenvalue weighted by Gasteiger charge is -2.24. The summed E-state index contributed by atoms with van der Waals surface area (Å²) in [5.74, 6) is 0. The number of para-hydroxylation sites is 1. The number of hydrogen-bond donors (Lipinski definition) is 1. The summed E-state index contributed by atoms with van der Waals surface area (Å²) in [6.07, 6.45) is 5.23. The molecule has 2 nitrogen and oxygen atoms in total. The van der Waals surface area contributed by atoms with E-state index in [1.54, 1.807) is 11.3 Å². The molecule has 0 unspecified atom stereocenters. The lowest BCUT2D eigenvalue weighted by molar-refractivity contribution is 0.342. The fourth-order valence-electron chi connectivity index (χ4n) is 2.20. The largest absolute Gasteiger partial charge is 0.361 e. The van der Waals surface area contributed by atoms with E-state index in [0.717, 1.165) is 17.2 Å². The minimum Gasteiger partial charge on any atom is -0.361 e. The van der Waals surface area contributed by atoms with Crippen LogP contribution in [0.4, 0.5) is 5.13 Å². The molecule has 2 aromatic rings. The number of benzene rings is 1. The molecule has 0 aliphatic heterocycles. The van der Waals surface area contributed by atoms with Gasteiger partial charge in [0.2, 0.25) is 0 Å². The number of unbranched alkanes of at least 4 members (excludes halogenated alkanes) is 2. The van der Waals surface area contributed by atoms with Crippen molar-refractivity contribution in [3.8, 4) is 0 Å². The summed E-state index contributed by atoms with van der Waals surface area (Å²) in [5.41, 5.74) is 1.44. The number of thiazole rings is 1. The Hall–Kier alpha value is -1.09. The molecule has 0 radical (unpaired) electrons. The van der Waals surface area contributed by atoms with Crippen molar-refractivity contribution in [2.24, 2.45) is 5.41 Å². The Morgan fingerprint density at radius 2 is 2.00 bits per heavy atom. The molecule has 104 valence electrons. The highest BCUT2D eigenvalue weighted by Gasteiger charge is 2.17. The van der Waals surface area contributed by atoms with Crippen LogP contribution in [0.15, 0.2) is 24.3 Å². The van der Waals surface area contributed by atoms with E-state index in [2.05, 4.69) is 49.3 Å². The Kier molecular flexibility index (Phi) is 4.81. The van der Waals surface area contributed by atoms with E-state index in [0.29, 0.717) is 5.41 Å². The molecule has 0 saturated carbocycles. The van der Waals surface area contributed by atoms with Gasteiger partial charge >= 0.3 is 0 Å². The highest BCUT2D eigenvalue weighted by atomic mass is 32.1. The standard InChI is InChI=1S/C16H24N2S/c1-4-5-8-11-16(2,3)12-17-15-18-13-9-6-7-10-14(13)19-15/h6-7,9-10H,4-5,8,11-12H2,1-3H3,(H,17,18). The molecule has 0 fully saturated rings. The quantitative estimate of drug-likeness (QED) is 0.693. The molecule has 19 heavy (non-hydrogen) atoms. The average molecular weight is 276 g/mol. The van der Waals surface area contributed by atoms with Crippen molar-refractivity contribution in [3.05, 3.63) is 24.3 Å². The number of fused-ring (bicyclic) bond motifs is 1. The van der Waals surface area contributed by atoms with Crippen LogP contribution in [-0.4, -0.2) is 11.5 Å². The fraction of sp³-hybridized carbons (Fsp3) is 0.562. The first-order chi connectivity index (χ1) is 9.11. The maximum absolute atomic E-state index is 4.62. The maximum atomic E-state index is 4.62. The van der Waals surface area contributed by atoms with Crippen molar-refractivity contribution in [2.45, 2.75) is 46.5 Å². The van der Waals surface area contributed by atoms with Crippen LogP contribution in [0.3, 0.4) is 0 Å². The van der Waals surface area contributed by atoms with Gasteiger partial charge in [0.1, 0.15) is 0 Å². The van der Waals surface area contributed by atoms with Crippen LogP contribution in [0.25, 0.3) is 10.2 Å². The number of rotatable bonds is 7. The van der Waals surface area contributed by atoms with Crippen molar-refractivity contribution in [1.29, 1.82) is 0 Å². The number of hydrogen-bond acceptors (Lipinski definition) is 3. The maximum Gasteiger partial charge on any atom is 0.183 e. The van der Waals surface area contributed by atoms with E-state index in [-0.39, 0.29) is 0 Å². The molecule has 3 heteroatoms. The fourth-order valence-corrected chi connectivity index (χ4v) is 3.07. The molecule has 0 aliphatic rings. The van der Waals surface area contributed by atoms with Gasteiger partial charge in [0, 0.05) is 6.54 Å². The second-order valence-electron chi connectivity index (χ2n) is 5.96. The van der Waals surface area contributed by atoms with Gasteiger partial charge in [-0.05, 0) is 24.0 Å². The van der Waals surface area contributed by atoms with Crippen molar-refractivity contribution >= 4 is 26.7 Å². The van der Waals surface area contributed by atoms with Crippen LogP contribution >= 0.6 is 11.3 Å². The van der Waals surface area contributed by atoms with E-state index < -0.39 is 0 Å². The first kappa shape index (κ1) is 14.3. The molecule has 0 atom stereocenters. The first-order valence-electron chi connectivity index (χ1n) is 7.20. The minimum atomic E-state index is 0.340. The van der Waals surface area contributed by atoms with Gasteiger partial charge in [-0.2, -0.15) is 0 Å². The van der Waals surface area contributed by atoms with Crippen molar-refractivity contribution in [2.75, 3.05) is 11.9 Å². The van der Waals surface area contributed by atoms with Crippen LogP contribution in [0.5, 0.6) is 0 Å². The zero-order chi connectivity index (χ0) is 13.7. The third-order valence-electron chi connectivity index (χ3n) is 3.47. The lowest BCUT2D eigenvalue weighted by Crippen LogP contribution is -2.22. The lowest BCUT2D eigenvalue weighted by atomic mass is 9.87. The zero-order valence-corrected chi connectivity index (χ0v) is 13.0. The summed E-state index contributed by atoms with van der Waals surface area (Å²) in [5, 5.41) is 4.55. The summed E-state index contributed by atoms with van der Waals surface area (Å²) in [4.78, 5) is 4.62. The van der Waals surface area contributed by atoms with Gasteiger partial charge in [-0.15, -0.1) is 0 Å². The van der Waals surface area contributed by atoms with Gasteiger partial charge in [-0.3, -0.25) is 0 Å². The second kappa shape index (κ2) is 6.38. The molecule has 0 aliphatic carbocycles. The highest BCUT2D eigenvalue weighted by molar-refractivity contribution is 7.22. The second-order valence-corrected chi connectivity index (χ2v) is 6.99. The monoisotopic (exact) mass is 276 g/mol. The van der Waals surface area contributed by atoms with Crippen LogP contribution in [-0.2, 0) is 0 Å². The normalized spacial score (nSPS) is 11.9. The average Bonchev–Trinajstić information content (AvgIpc) is 2.79. The van der Waals surface area contributed by atoms with Crippen LogP contribution in [0, 0.1) is 5.41 Å². The van der Waals surface area contributed by atoms with Gasteiger partial charge < -0.3 is 5.32 Å². The molecule has 1 aromatic heterocycles. The molecule has 2 rings (SSSR count). The van der Waals surface area contributed by atoms with Crippen LogP contribution in [0.2, 0.25) is 0 Å². The Morgan fingerprint density at radius 1 is 1.21 bits per heavy atom. The van der Waals surface area contributed by atoms with Gasteiger partial charge in [0.15, 0.2) is 5.13 Å². The number of nitrogens with one attached hydrogen (secondary N) is 1. The minimum absolute atomic E-state index is 0.340. The van der Waals surface area contributed by atoms with Gasteiger partial charge in [-0.1, -0.05) is 63.5 Å².